The highest BCUT2D eigenvalue weighted by Crippen LogP contribution is 2.73. The van der Waals surface area contributed by atoms with Crippen LogP contribution in [0.15, 0.2) is 12.2 Å². The molecule has 0 spiro atoms. The molecule has 6 atom stereocenters. The Bertz CT molecular complexity index is 573. The van der Waals surface area contributed by atoms with E-state index in [0.717, 1.165) is 24.7 Å². The van der Waals surface area contributed by atoms with Gasteiger partial charge >= 0.3 is 0 Å². The van der Waals surface area contributed by atoms with Crippen LogP contribution in [0.3, 0.4) is 0 Å². The Morgan fingerprint density at radius 3 is 2.39 bits per heavy atom. The molecule has 1 heteroatoms. The second kappa shape index (κ2) is 4.52. The van der Waals surface area contributed by atoms with Gasteiger partial charge in [-0.05, 0) is 72.5 Å². The zero-order valence-electron chi connectivity index (χ0n) is 15.7. The number of fused-ring (bicyclic) bond motifs is 5. The first-order chi connectivity index (χ1) is 10.7. The maximum absolute atomic E-state index is 12.6. The number of Topliss-reactive ketones (excluding diaryl/α,β-unsaturated/α-hetero) is 1. The summed E-state index contributed by atoms with van der Waals surface area (Å²) in [6.45, 7) is 12.2. The molecule has 0 aromatic carbocycles. The molecule has 4 aliphatic carbocycles. The average molecular weight is 315 g/mol. The summed E-state index contributed by atoms with van der Waals surface area (Å²) in [6.07, 6.45) is 13.5. The lowest BCUT2D eigenvalue weighted by molar-refractivity contribution is -0.197. The van der Waals surface area contributed by atoms with Crippen LogP contribution in [-0.4, -0.2) is 5.78 Å². The zero-order chi connectivity index (χ0) is 16.7. The highest BCUT2D eigenvalue weighted by atomic mass is 16.1. The minimum atomic E-state index is -0.111. The zero-order valence-corrected chi connectivity index (χ0v) is 15.7. The summed E-state index contributed by atoms with van der Waals surface area (Å²) in [5.41, 5.74) is 1.15. The van der Waals surface area contributed by atoms with Crippen molar-refractivity contribution in [2.45, 2.75) is 79.6 Å². The topological polar surface area (TPSA) is 17.1 Å². The normalized spacial score (nSPS) is 54.3. The Kier molecular flexibility index (Phi) is 3.13. The lowest BCUT2D eigenvalue weighted by atomic mass is 9.36. The molecule has 0 heterocycles. The van der Waals surface area contributed by atoms with Gasteiger partial charge in [0.15, 0.2) is 0 Å². The van der Waals surface area contributed by atoms with Crippen molar-refractivity contribution in [1.29, 1.82) is 0 Å². The molecule has 0 aromatic rings. The van der Waals surface area contributed by atoms with Crippen LogP contribution in [0.4, 0.5) is 0 Å². The summed E-state index contributed by atoms with van der Waals surface area (Å²) >= 11 is 0. The molecule has 1 unspecified atom stereocenters. The maximum Gasteiger partial charge on any atom is 0.138 e. The number of rotatable bonds is 0. The number of carbonyl (C=O) groups is 1. The molecule has 0 saturated heterocycles. The predicted molar refractivity (Wildman–Crippen MR) is 95.0 cm³/mol. The average Bonchev–Trinajstić information content (AvgIpc) is 2.86. The van der Waals surface area contributed by atoms with E-state index in [1.165, 1.54) is 32.1 Å². The van der Waals surface area contributed by atoms with E-state index in [1.54, 1.807) is 0 Å². The maximum atomic E-state index is 12.6. The van der Waals surface area contributed by atoms with Crippen molar-refractivity contribution in [3.05, 3.63) is 12.2 Å². The highest BCUT2D eigenvalue weighted by Gasteiger charge is 2.66. The van der Waals surface area contributed by atoms with E-state index in [9.17, 15) is 4.79 Å². The Morgan fingerprint density at radius 2 is 1.65 bits per heavy atom. The van der Waals surface area contributed by atoms with Crippen LogP contribution in [-0.2, 0) is 4.79 Å². The van der Waals surface area contributed by atoms with Crippen molar-refractivity contribution in [2.24, 2.45) is 39.4 Å². The van der Waals surface area contributed by atoms with Gasteiger partial charge in [-0.3, -0.25) is 4.79 Å². The second-order valence-electron chi connectivity index (χ2n) is 10.4. The lowest BCUT2D eigenvalue weighted by Crippen LogP contribution is -2.63. The van der Waals surface area contributed by atoms with Crippen LogP contribution in [0, 0.1) is 39.4 Å². The van der Waals surface area contributed by atoms with Crippen molar-refractivity contribution < 1.29 is 4.79 Å². The van der Waals surface area contributed by atoms with E-state index in [-0.39, 0.29) is 5.41 Å². The van der Waals surface area contributed by atoms with Gasteiger partial charge < -0.3 is 0 Å². The fourth-order valence-electron chi connectivity index (χ4n) is 7.94. The third-order valence-electron chi connectivity index (χ3n) is 9.59. The van der Waals surface area contributed by atoms with Crippen molar-refractivity contribution >= 4 is 5.78 Å². The van der Waals surface area contributed by atoms with Crippen LogP contribution in [0.5, 0.6) is 0 Å². The molecule has 0 radical (unpaired) electrons. The van der Waals surface area contributed by atoms with Gasteiger partial charge in [-0.25, -0.2) is 0 Å². The lowest BCUT2D eigenvalue weighted by Gasteiger charge is -2.68. The van der Waals surface area contributed by atoms with Gasteiger partial charge in [0.25, 0.3) is 0 Å². The monoisotopic (exact) mass is 314 g/mol. The van der Waals surface area contributed by atoms with Crippen molar-refractivity contribution in [1.82, 2.24) is 0 Å². The quantitative estimate of drug-likeness (QED) is 0.517. The Hall–Kier alpha value is -0.590. The molecule has 0 aromatic heterocycles. The summed E-state index contributed by atoms with van der Waals surface area (Å²) in [7, 11) is 0. The van der Waals surface area contributed by atoms with Gasteiger partial charge in [-0.1, -0.05) is 46.8 Å². The number of hydrogen-bond donors (Lipinski definition) is 0. The standard InChI is InChI=1S/C22H34O/c1-19(2)16-10-14-22(5)17(20(16,3)13-11-18(19)23)9-8-15-7-6-12-21(15,22)4/h6-7,15-17H,8-14H2,1-5H3/t15?,16-,17+,20-,21+,22+/m0/s1. The molecule has 0 amide bonds. The minimum Gasteiger partial charge on any atom is -0.299 e. The molecule has 128 valence electrons. The van der Waals surface area contributed by atoms with Gasteiger partial charge in [0.1, 0.15) is 5.78 Å². The Labute approximate surface area is 142 Å². The molecule has 3 saturated carbocycles. The van der Waals surface area contributed by atoms with Crippen LogP contribution < -0.4 is 0 Å². The van der Waals surface area contributed by atoms with Crippen LogP contribution in [0.2, 0.25) is 0 Å². The third-order valence-corrected chi connectivity index (χ3v) is 9.59. The molecular formula is C22H34O. The first kappa shape index (κ1) is 15.9. The first-order valence-corrected chi connectivity index (χ1v) is 9.86. The van der Waals surface area contributed by atoms with E-state index < -0.39 is 0 Å². The summed E-state index contributed by atoms with van der Waals surface area (Å²) < 4.78 is 0. The summed E-state index contributed by atoms with van der Waals surface area (Å²) in [5.74, 6) is 2.69. The molecule has 4 rings (SSSR count). The number of allylic oxidation sites excluding steroid dienone is 2. The smallest absolute Gasteiger partial charge is 0.138 e. The summed E-state index contributed by atoms with van der Waals surface area (Å²) in [6, 6.07) is 0. The van der Waals surface area contributed by atoms with Gasteiger partial charge in [0, 0.05) is 11.8 Å². The molecule has 1 nitrogen and oxygen atoms in total. The van der Waals surface area contributed by atoms with Crippen LogP contribution >= 0.6 is 0 Å². The minimum absolute atomic E-state index is 0.111. The van der Waals surface area contributed by atoms with Crippen molar-refractivity contribution in [3.8, 4) is 0 Å². The Balaban J connectivity index is 1.77. The first-order valence-electron chi connectivity index (χ1n) is 9.86. The highest BCUT2D eigenvalue weighted by molar-refractivity contribution is 5.85. The fourth-order valence-corrected chi connectivity index (χ4v) is 7.94. The van der Waals surface area contributed by atoms with E-state index in [4.69, 9.17) is 0 Å². The number of carbonyl (C=O) groups excluding carboxylic acids is 1. The van der Waals surface area contributed by atoms with Gasteiger partial charge in [0.2, 0.25) is 0 Å². The molecule has 0 N–H and O–H groups in total. The summed E-state index contributed by atoms with van der Waals surface area (Å²) in [4.78, 5) is 12.6. The van der Waals surface area contributed by atoms with Gasteiger partial charge in [-0.15, -0.1) is 0 Å². The summed E-state index contributed by atoms with van der Waals surface area (Å²) in [5, 5.41) is 0. The molecule has 0 aliphatic heterocycles. The predicted octanol–water partition coefficient (Wildman–Crippen LogP) is 5.79. The molecular weight excluding hydrogens is 280 g/mol. The SMILES string of the molecule is CC1(C)C(=O)CC[C@]2(C)[C@H]3CCC4C=CC[C@@]4(C)[C@]3(C)CC[C@@H]12. The van der Waals surface area contributed by atoms with Crippen LogP contribution in [0.25, 0.3) is 0 Å². The van der Waals surface area contributed by atoms with E-state index >= 15 is 0 Å². The molecule has 4 aliphatic rings. The van der Waals surface area contributed by atoms with Gasteiger partial charge in [-0.2, -0.15) is 0 Å². The third kappa shape index (κ3) is 1.72. The molecule has 3 fully saturated rings. The molecule has 23 heavy (non-hydrogen) atoms. The van der Waals surface area contributed by atoms with Gasteiger partial charge in [0.05, 0.1) is 0 Å². The largest absolute Gasteiger partial charge is 0.299 e. The van der Waals surface area contributed by atoms with Crippen molar-refractivity contribution in [3.63, 3.8) is 0 Å². The number of hydrogen-bond acceptors (Lipinski definition) is 1. The van der Waals surface area contributed by atoms with E-state index in [1.807, 2.05) is 0 Å². The van der Waals surface area contributed by atoms with Crippen molar-refractivity contribution in [2.75, 3.05) is 0 Å². The molecule has 0 bridgehead atoms. The Morgan fingerprint density at radius 1 is 0.913 bits per heavy atom. The second-order valence-corrected chi connectivity index (χ2v) is 10.4. The van der Waals surface area contributed by atoms with E-state index in [0.29, 0.717) is 27.9 Å². The van der Waals surface area contributed by atoms with E-state index in [2.05, 4.69) is 46.8 Å². The fraction of sp³-hybridized carbons (Fsp3) is 0.864. The number of ketones is 1. The van der Waals surface area contributed by atoms with Crippen LogP contribution in [0.1, 0.15) is 79.6 Å².